The predicted molar refractivity (Wildman–Crippen MR) is 119 cm³/mol. The second kappa shape index (κ2) is 11.5. The highest BCUT2D eigenvalue weighted by molar-refractivity contribution is 14.0. The first kappa shape index (κ1) is 21.9. The van der Waals surface area contributed by atoms with Crippen molar-refractivity contribution in [1.82, 2.24) is 15.6 Å². The van der Waals surface area contributed by atoms with Crippen molar-refractivity contribution in [3.63, 3.8) is 0 Å². The smallest absolute Gasteiger partial charge is 0.191 e. The quantitative estimate of drug-likeness (QED) is 0.272. The summed E-state index contributed by atoms with van der Waals surface area (Å²) in [5, 5.41) is 10.1. The van der Waals surface area contributed by atoms with Crippen LogP contribution in [0.1, 0.15) is 40.7 Å². The molecule has 2 rings (SSSR count). The zero-order valence-electron chi connectivity index (χ0n) is 15.6. The molecule has 0 radical (unpaired) electrons. The lowest BCUT2D eigenvalue weighted by Crippen LogP contribution is -2.37. The van der Waals surface area contributed by atoms with Gasteiger partial charge in [0.2, 0.25) is 0 Å². The molecule has 1 aromatic heterocycles. The van der Waals surface area contributed by atoms with Gasteiger partial charge in [-0.15, -0.1) is 35.3 Å². The lowest BCUT2D eigenvalue weighted by molar-refractivity contribution is 0.740. The predicted octanol–water partition coefficient (Wildman–Crippen LogP) is 4.37. The van der Waals surface area contributed by atoms with Crippen LogP contribution in [0.5, 0.6) is 0 Å². The van der Waals surface area contributed by atoms with Crippen LogP contribution in [0.3, 0.4) is 0 Å². The second-order valence-corrected chi connectivity index (χ2v) is 6.98. The number of aliphatic imine (C=N–C) groups is 1. The molecule has 0 unspecified atom stereocenters. The minimum Gasteiger partial charge on any atom is -0.357 e. The van der Waals surface area contributed by atoms with Crippen LogP contribution in [0.2, 0.25) is 0 Å². The van der Waals surface area contributed by atoms with Gasteiger partial charge in [-0.25, -0.2) is 9.98 Å². The molecule has 0 saturated heterocycles. The fourth-order valence-electron chi connectivity index (χ4n) is 2.49. The molecule has 4 nitrogen and oxygen atoms in total. The number of halogens is 1. The number of nitrogens with zero attached hydrogens (tertiary/aromatic N) is 2. The molecule has 0 amide bonds. The zero-order chi connectivity index (χ0) is 17.4. The van der Waals surface area contributed by atoms with Crippen LogP contribution in [0.4, 0.5) is 0 Å². The molecule has 1 heterocycles. The molecular formula is C19H29IN4S. The van der Waals surface area contributed by atoms with Gasteiger partial charge in [-0.05, 0) is 45.2 Å². The topological polar surface area (TPSA) is 49.3 Å². The Hall–Kier alpha value is -1.15. The monoisotopic (exact) mass is 472 g/mol. The largest absolute Gasteiger partial charge is 0.357 e. The molecule has 2 aromatic rings. The van der Waals surface area contributed by atoms with Crippen molar-refractivity contribution in [3.8, 4) is 0 Å². The molecule has 0 saturated carbocycles. The van der Waals surface area contributed by atoms with Gasteiger partial charge in [0.05, 0.1) is 11.6 Å². The Kier molecular flexibility index (Phi) is 10.0. The number of aromatic nitrogens is 1. The third kappa shape index (κ3) is 7.73. The summed E-state index contributed by atoms with van der Waals surface area (Å²) >= 11 is 1.74. The maximum Gasteiger partial charge on any atom is 0.191 e. The molecule has 0 atom stereocenters. The standard InChI is InChI=1S/C19H28N4S.HI/c1-5-20-19(21-10-6-7-18-23-16(4)13-24-18)22-12-17-9-8-14(2)11-15(17)3;/h8-9,11,13H,5-7,10,12H2,1-4H3,(H2,20,21,22);1H. The van der Waals surface area contributed by atoms with Gasteiger partial charge in [0.15, 0.2) is 5.96 Å². The lowest BCUT2D eigenvalue weighted by atomic mass is 10.1. The number of thiazole rings is 1. The third-order valence-corrected chi connectivity index (χ3v) is 4.80. The third-order valence-electron chi connectivity index (χ3n) is 3.78. The van der Waals surface area contributed by atoms with Gasteiger partial charge >= 0.3 is 0 Å². The van der Waals surface area contributed by atoms with Crippen LogP contribution in [0.25, 0.3) is 0 Å². The van der Waals surface area contributed by atoms with E-state index in [1.165, 1.54) is 21.7 Å². The van der Waals surface area contributed by atoms with E-state index in [4.69, 9.17) is 4.99 Å². The number of rotatable bonds is 7. The Bertz CT molecular complexity index is 682. The number of aryl methyl sites for hydroxylation is 4. The maximum absolute atomic E-state index is 4.70. The van der Waals surface area contributed by atoms with E-state index < -0.39 is 0 Å². The first-order valence-electron chi connectivity index (χ1n) is 8.57. The molecule has 0 spiro atoms. The SMILES string of the molecule is CCNC(=NCc1ccc(C)cc1C)NCCCc1nc(C)cs1.I. The molecule has 0 aliphatic carbocycles. The van der Waals surface area contributed by atoms with E-state index in [1.807, 2.05) is 6.92 Å². The molecule has 0 aliphatic heterocycles. The Morgan fingerprint density at radius 3 is 2.64 bits per heavy atom. The van der Waals surface area contributed by atoms with E-state index in [0.717, 1.165) is 37.6 Å². The number of hydrogen-bond donors (Lipinski definition) is 2. The molecule has 25 heavy (non-hydrogen) atoms. The summed E-state index contributed by atoms with van der Waals surface area (Å²) in [7, 11) is 0. The number of benzene rings is 1. The van der Waals surface area contributed by atoms with Gasteiger partial charge < -0.3 is 10.6 Å². The maximum atomic E-state index is 4.70. The minimum atomic E-state index is 0. The van der Waals surface area contributed by atoms with Crippen LogP contribution in [-0.2, 0) is 13.0 Å². The van der Waals surface area contributed by atoms with Crippen molar-refractivity contribution in [2.45, 2.75) is 47.1 Å². The van der Waals surface area contributed by atoms with Gasteiger partial charge in [0.1, 0.15) is 0 Å². The van der Waals surface area contributed by atoms with E-state index in [9.17, 15) is 0 Å². The van der Waals surface area contributed by atoms with Crippen molar-refractivity contribution in [1.29, 1.82) is 0 Å². The number of hydrogen-bond acceptors (Lipinski definition) is 3. The molecule has 6 heteroatoms. The Labute approximate surface area is 172 Å². The highest BCUT2D eigenvalue weighted by Gasteiger charge is 2.02. The average Bonchev–Trinajstić information content (AvgIpc) is 2.96. The van der Waals surface area contributed by atoms with Crippen LogP contribution in [-0.4, -0.2) is 24.0 Å². The van der Waals surface area contributed by atoms with Gasteiger partial charge in [-0.3, -0.25) is 0 Å². The van der Waals surface area contributed by atoms with Gasteiger partial charge in [-0.1, -0.05) is 23.8 Å². The van der Waals surface area contributed by atoms with Gasteiger partial charge in [-0.2, -0.15) is 0 Å². The number of guanidine groups is 1. The molecule has 0 fully saturated rings. The van der Waals surface area contributed by atoms with E-state index in [1.54, 1.807) is 11.3 Å². The minimum absolute atomic E-state index is 0. The van der Waals surface area contributed by atoms with E-state index in [0.29, 0.717) is 6.54 Å². The summed E-state index contributed by atoms with van der Waals surface area (Å²) in [4.78, 5) is 9.21. The highest BCUT2D eigenvalue weighted by atomic mass is 127. The second-order valence-electron chi connectivity index (χ2n) is 6.04. The molecule has 0 bridgehead atoms. The lowest BCUT2D eigenvalue weighted by Gasteiger charge is -2.11. The Balaban J connectivity index is 0.00000312. The normalized spacial score (nSPS) is 11.1. The van der Waals surface area contributed by atoms with Crippen LogP contribution >= 0.6 is 35.3 Å². The van der Waals surface area contributed by atoms with E-state index >= 15 is 0 Å². The zero-order valence-corrected chi connectivity index (χ0v) is 18.7. The molecule has 0 aliphatic rings. The summed E-state index contributed by atoms with van der Waals surface area (Å²) in [5.41, 5.74) is 4.99. The molecule has 138 valence electrons. The van der Waals surface area contributed by atoms with Crippen LogP contribution in [0.15, 0.2) is 28.6 Å². The summed E-state index contributed by atoms with van der Waals surface area (Å²) in [6, 6.07) is 6.53. The summed E-state index contributed by atoms with van der Waals surface area (Å²) < 4.78 is 0. The fraction of sp³-hybridized carbons (Fsp3) is 0.474. The van der Waals surface area contributed by atoms with Crippen molar-refractivity contribution in [2.75, 3.05) is 13.1 Å². The van der Waals surface area contributed by atoms with Crippen molar-refractivity contribution in [2.24, 2.45) is 4.99 Å². The highest BCUT2D eigenvalue weighted by Crippen LogP contribution is 2.12. The molecule has 1 aromatic carbocycles. The van der Waals surface area contributed by atoms with Crippen molar-refractivity contribution >= 4 is 41.3 Å². The van der Waals surface area contributed by atoms with Crippen LogP contribution < -0.4 is 10.6 Å². The summed E-state index contributed by atoms with van der Waals surface area (Å²) in [6.07, 6.45) is 2.07. The van der Waals surface area contributed by atoms with Crippen LogP contribution in [0, 0.1) is 20.8 Å². The Morgan fingerprint density at radius 2 is 2.00 bits per heavy atom. The van der Waals surface area contributed by atoms with E-state index in [2.05, 4.69) is 60.0 Å². The van der Waals surface area contributed by atoms with E-state index in [-0.39, 0.29) is 24.0 Å². The fourth-order valence-corrected chi connectivity index (χ4v) is 3.31. The Morgan fingerprint density at radius 1 is 1.20 bits per heavy atom. The summed E-state index contributed by atoms with van der Waals surface area (Å²) in [5.74, 6) is 0.882. The first-order valence-corrected chi connectivity index (χ1v) is 9.45. The van der Waals surface area contributed by atoms with Gasteiger partial charge in [0, 0.05) is 30.6 Å². The van der Waals surface area contributed by atoms with Crippen molar-refractivity contribution in [3.05, 3.63) is 51.0 Å². The van der Waals surface area contributed by atoms with Crippen molar-refractivity contribution < 1.29 is 0 Å². The van der Waals surface area contributed by atoms with Gasteiger partial charge in [0.25, 0.3) is 0 Å². The number of nitrogens with one attached hydrogen (secondary N) is 2. The average molecular weight is 472 g/mol. The first-order chi connectivity index (χ1) is 11.6. The molecule has 2 N–H and O–H groups in total. The molecular weight excluding hydrogens is 443 g/mol. The summed E-state index contributed by atoms with van der Waals surface area (Å²) in [6.45, 7) is 10.9.